The normalized spacial score (nSPS) is 15.3. The van der Waals surface area contributed by atoms with E-state index in [4.69, 9.17) is 11.6 Å². The number of pyridine rings is 1. The zero-order chi connectivity index (χ0) is 19.0. The van der Waals surface area contributed by atoms with Crippen molar-refractivity contribution in [3.8, 4) is 0 Å². The quantitative estimate of drug-likeness (QED) is 0.692. The molecule has 5 nitrogen and oxygen atoms in total. The number of hydrogen-bond donors (Lipinski definition) is 0. The topological polar surface area (TPSA) is 45.2 Å². The van der Waals surface area contributed by atoms with Gasteiger partial charge in [-0.3, -0.25) is 4.98 Å². The maximum absolute atomic E-state index is 6.15. The van der Waals surface area contributed by atoms with E-state index in [9.17, 15) is 0 Å². The van der Waals surface area contributed by atoms with Crippen LogP contribution in [0.4, 0.5) is 5.82 Å². The monoisotopic (exact) mass is 379 g/mol. The second-order valence-corrected chi connectivity index (χ2v) is 7.42. The summed E-state index contributed by atoms with van der Waals surface area (Å²) in [6.45, 7) is 10.3. The lowest BCUT2D eigenvalue weighted by atomic mass is 9.97. The predicted octanol–water partition coefficient (Wildman–Crippen LogP) is 3.80. The molecule has 1 aliphatic heterocycles. The minimum absolute atomic E-state index is 0.610. The van der Waals surface area contributed by atoms with E-state index < -0.39 is 0 Å². The highest BCUT2D eigenvalue weighted by molar-refractivity contribution is 6.30. The van der Waals surface area contributed by atoms with Crippen LogP contribution in [-0.2, 0) is 0 Å². The van der Waals surface area contributed by atoms with E-state index >= 15 is 0 Å². The average molecular weight is 380 g/mol. The molecule has 138 valence electrons. The van der Waals surface area contributed by atoms with Gasteiger partial charge in [0, 0.05) is 49.0 Å². The van der Waals surface area contributed by atoms with Crippen LogP contribution in [0.1, 0.15) is 16.8 Å². The molecule has 0 aliphatic carbocycles. The van der Waals surface area contributed by atoms with Crippen molar-refractivity contribution >= 4 is 33.9 Å². The summed E-state index contributed by atoms with van der Waals surface area (Å²) in [5.41, 5.74) is 4.74. The van der Waals surface area contributed by atoms with E-state index in [1.54, 1.807) is 12.5 Å². The molecule has 0 amide bonds. The first-order chi connectivity index (χ1) is 13.0. The second kappa shape index (κ2) is 7.25. The molecule has 1 aliphatic rings. The lowest BCUT2D eigenvalue weighted by Crippen LogP contribution is -2.44. The van der Waals surface area contributed by atoms with Crippen molar-refractivity contribution in [1.82, 2.24) is 19.9 Å². The molecule has 3 aromatic rings. The van der Waals surface area contributed by atoms with E-state index in [0.717, 1.165) is 65.3 Å². The van der Waals surface area contributed by atoms with Gasteiger partial charge in [-0.25, -0.2) is 9.97 Å². The van der Waals surface area contributed by atoms with Crippen LogP contribution < -0.4 is 4.90 Å². The lowest BCUT2D eigenvalue weighted by Gasteiger charge is -2.33. The van der Waals surface area contributed by atoms with Crippen LogP contribution in [0.3, 0.4) is 0 Å². The number of halogens is 1. The third-order valence-electron chi connectivity index (χ3n) is 5.14. The van der Waals surface area contributed by atoms with Crippen LogP contribution in [0.2, 0.25) is 5.02 Å². The zero-order valence-corrected chi connectivity index (χ0v) is 16.4. The number of likely N-dealkylation sites (N-methyl/N-ethyl adjacent to an activating group) is 1. The predicted molar refractivity (Wildman–Crippen MR) is 111 cm³/mol. The van der Waals surface area contributed by atoms with E-state index in [1.165, 1.54) is 0 Å². The highest BCUT2D eigenvalue weighted by Crippen LogP contribution is 2.31. The fraction of sp³-hybridized carbons (Fsp3) is 0.286. The molecule has 3 heterocycles. The van der Waals surface area contributed by atoms with Crippen LogP contribution in [-0.4, -0.2) is 53.1 Å². The smallest absolute Gasteiger partial charge is 0.139 e. The van der Waals surface area contributed by atoms with E-state index in [-0.39, 0.29) is 0 Å². The fourth-order valence-electron chi connectivity index (χ4n) is 3.47. The maximum Gasteiger partial charge on any atom is 0.139 e. The molecule has 0 unspecified atom stereocenters. The van der Waals surface area contributed by atoms with E-state index in [0.29, 0.717) is 5.02 Å². The van der Waals surface area contributed by atoms with Crippen molar-refractivity contribution in [1.29, 1.82) is 0 Å². The van der Waals surface area contributed by atoms with Crippen LogP contribution in [0.25, 0.3) is 16.5 Å². The second-order valence-electron chi connectivity index (χ2n) is 6.98. The van der Waals surface area contributed by atoms with Gasteiger partial charge in [-0.15, -0.1) is 0 Å². The number of hydrogen-bond acceptors (Lipinski definition) is 5. The molecule has 0 saturated carbocycles. The summed E-state index contributed by atoms with van der Waals surface area (Å²) < 4.78 is 0. The molecule has 6 heteroatoms. The highest BCUT2D eigenvalue weighted by atomic mass is 35.5. The number of nitrogens with zero attached hydrogens (tertiary/aromatic N) is 5. The molecule has 0 atom stereocenters. The molecule has 1 fully saturated rings. The largest absolute Gasteiger partial charge is 0.353 e. The van der Waals surface area contributed by atoms with Crippen molar-refractivity contribution in [2.75, 3.05) is 38.1 Å². The Morgan fingerprint density at radius 2 is 1.85 bits per heavy atom. The Morgan fingerprint density at radius 3 is 2.63 bits per heavy atom. The molecule has 0 N–H and O–H groups in total. The first-order valence-electron chi connectivity index (χ1n) is 9.03. The van der Waals surface area contributed by atoms with Crippen LogP contribution in [0, 0.1) is 6.92 Å². The molecule has 27 heavy (non-hydrogen) atoms. The van der Waals surface area contributed by atoms with Gasteiger partial charge in [-0.1, -0.05) is 24.2 Å². The lowest BCUT2D eigenvalue weighted by molar-refractivity contribution is 0.312. The molecule has 0 bridgehead atoms. The van der Waals surface area contributed by atoms with E-state index in [1.807, 2.05) is 25.1 Å². The Bertz CT molecular complexity index is 1010. The average Bonchev–Trinajstić information content (AvgIpc) is 2.69. The molecule has 0 spiro atoms. The number of fused-ring (bicyclic) bond motifs is 1. The summed E-state index contributed by atoms with van der Waals surface area (Å²) in [6, 6.07) is 8.13. The van der Waals surface area contributed by atoms with Gasteiger partial charge in [-0.2, -0.15) is 0 Å². The summed E-state index contributed by atoms with van der Waals surface area (Å²) in [5, 5.41) is 1.66. The Labute approximate surface area is 164 Å². The van der Waals surface area contributed by atoms with Gasteiger partial charge >= 0.3 is 0 Å². The van der Waals surface area contributed by atoms with Gasteiger partial charge < -0.3 is 9.80 Å². The third kappa shape index (κ3) is 3.53. The molecule has 1 saturated heterocycles. The minimum atomic E-state index is 0.610. The Kier molecular flexibility index (Phi) is 4.81. The van der Waals surface area contributed by atoms with Crippen LogP contribution in [0.15, 0.2) is 43.4 Å². The fourth-order valence-corrected chi connectivity index (χ4v) is 3.63. The first kappa shape index (κ1) is 17.9. The van der Waals surface area contributed by atoms with Gasteiger partial charge in [-0.05, 0) is 43.3 Å². The molecular weight excluding hydrogens is 358 g/mol. The molecule has 4 rings (SSSR count). The van der Waals surface area contributed by atoms with Crippen LogP contribution >= 0.6 is 11.6 Å². The number of aryl methyl sites for hydroxylation is 1. The number of benzene rings is 1. The van der Waals surface area contributed by atoms with Crippen molar-refractivity contribution < 1.29 is 0 Å². The van der Waals surface area contributed by atoms with Crippen molar-refractivity contribution in [3.63, 3.8) is 0 Å². The standard InChI is InChI=1S/C21H22ClN5/c1-14(18-11-17(22)12-23-15(18)2)16-4-5-20-19(10-16)21(25-13-24-20)27-8-6-26(3)7-9-27/h4-5,10-13H,1,6-9H2,2-3H3. The SMILES string of the molecule is C=C(c1ccc2ncnc(N3CCN(C)CC3)c2c1)c1cc(Cl)cnc1C. The highest BCUT2D eigenvalue weighted by Gasteiger charge is 2.18. The number of piperazine rings is 1. The summed E-state index contributed by atoms with van der Waals surface area (Å²) in [4.78, 5) is 18.1. The summed E-state index contributed by atoms with van der Waals surface area (Å²) >= 11 is 6.15. The van der Waals surface area contributed by atoms with Crippen molar-refractivity contribution in [2.24, 2.45) is 0 Å². The number of anilines is 1. The Balaban J connectivity index is 1.76. The van der Waals surface area contributed by atoms with Gasteiger partial charge in [0.2, 0.25) is 0 Å². The Morgan fingerprint density at radius 1 is 1.07 bits per heavy atom. The van der Waals surface area contributed by atoms with Crippen molar-refractivity contribution in [2.45, 2.75) is 6.92 Å². The van der Waals surface area contributed by atoms with Crippen molar-refractivity contribution in [3.05, 3.63) is 65.2 Å². The summed E-state index contributed by atoms with van der Waals surface area (Å²) in [6.07, 6.45) is 3.31. The van der Waals surface area contributed by atoms with E-state index in [2.05, 4.69) is 44.4 Å². The third-order valence-corrected chi connectivity index (χ3v) is 5.35. The zero-order valence-electron chi connectivity index (χ0n) is 15.6. The van der Waals surface area contributed by atoms with Crippen LogP contribution in [0.5, 0.6) is 0 Å². The summed E-state index contributed by atoms with van der Waals surface area (Å²) in [7, 11) is 2.15. The molecule has 2 aromatic heterocycles. The van der Waals surface area contributed by atoms with Gasteiger partial charge in [0.05, 0.1) is 10.5 Å². The van der Waals surface area contributed by atoms with Gasteiger partial charge in [0.1, 0.15) is 12.1 Å². The molecule has 1 aromatic carbocycles. The number of rotatable bonds is 3. The first-order valence-corrected chi connectivity index (χ1v) is 9.41. The Hall–Kier alpha value is -2.50. The van der Waals surface area contributed by atoms with Gasteiger partial charge in [0.15, 0.2) is 0 Å². The number of aromatic nitrogens is 3. The minimum Gasteiger partial charge on any atom is -0.353 e. The molecular formula is C21H22ClN5. The van der Waals surface area contributed by atoms with Gasteiger partial charge in [0.25, 0.3) is 0 Å². The molecule has 0 radical (unpaired) electrons. The summed E-state index contributed by atoms with van der Waals surface area (Å²) in [5.74, 6) is 0.990. The maximum atomic E-state index is 6.15.